The van der Waals surface area contributed by atoms with Crippen molar-refractivity contribution in [1.82, 2.24) is 15.5 Å². The fourth-order valence-electron chi connectivity index (χ4n) is 5.29. The Balaban J connectivity index is 1.45. The Morgan fingerprint density at radius 1 is 1.00 bits per heavy atom. The number of amides is 2. The van der Waals surface area contributed by atoms with Crippen LogP contribution in [-0.2, 0) is 16.0 Å². The summed E-state index contributed by atoms with van der Waals surface area (Å²) >= 11 is 0. The maximum Gasteiger partial charge on any atom is 0.309 e. The average Bonchev–Trinajstić information content (AvgIpc) is 3.27. The first-order valence-electron chi connectivity index (χ1n) is 11.8. The number of rotatable bonds is 5. The first-order valence-corrected chi connectivity index (χ1v) is 11.8. The van der Waals surface area contributed by atoms with Gasteiger partial charge in [0.05, 0.1) is 6.04 Å². The van der Waals surface area contributed by atoms with Crippen molar-refractivity contribution in [3.8, 4) is 0 Å². The Labute approximate surface area is 180 Å². The molecule has 0 radical (unpaired) electrons. The van der Waals surface area contributed by atoms with Crippen LogP contribution in [0.2, 0.25) is 0 Å². The zero-order chi connectivity index (χ0) is 20.9. The maximum absolute atomic E-state index is 12.5. The SMILES string of the molecule is CN1CCCc2cc([C@H](CNC(=O)C(=O)NC3CCCC3)N3CCCCC3)ccc21. The van der Waals surface area contributed by atoms with E-state index in [1.54, 1.807) is 0 Å². The third-order valence-corrected chi connectivity index (χ3v) is 7.02. The predicted octanol–water partition coefficient (Wildman–Crippen LogP) is 2.77. The zero-order valence-electron chi connectivity index (χ0n) is 18.3. The van der Waals surface area contributed by atoms with Crippen LogP contribution >= 0.6 is 0 Å². The number of nitrogens with zero attached hydrogens (tertiary/aromatic N) is 2. The summed E-state index contributed by atoms with van der Waals surface area (Å²) in [5.41, 5.74) is 3.97. The molecule has 1 saturated carbocycles. The largest absolute Gasteiger partial charge is 0.374 e. The first kappa shape index (κ1) is 21.2. The van der Waals surface area contributed by atoms with Gasteiger partial charge in [-0.05, 0) is 68.8 Å². The number of fused-ring (bicyclic) bond motifs is 1. The number of hydrogen-bond acceptors (Lipinski definition) is 4. The lowest BCUT2D eigenvalue weighted by Gasteiger charge is -2.36. The molecule has 2 heterocycles. The van der Waals surface area contributed by atoms with E-state index in [2.05, 4.69) is 45.7 Å². The normalized spacial score (nSPS) is 21.2. The van der Waals surface area contributed by atoms with E-state index in [4.69, 9.17) is 0 Å². The van der Waals surface area contributed by atoms with Crippen LogP contribution in [0.15, 0.2) is 18.2 Å². The van der Waals surface area contributed by atoms with E-state index >= 15 is 0 Å². The van der Waals surface area contributed by atoms with Crippen molar-refractivity contribution in [2.24, 2.45) is 0 Å². The van der Waals surface area contributed by atoms with Crippen LogP contribution in [0.1, 0.15) is 68.5 Å². The molecule has 164 valence electrons. The molecule has 1 aromatic rings. The van der Waals surface area contributed by atoms with Gasteiger partial charge >= 0.3 is 11.8 Å². The van der Waals surface area contributed by atoms with Crippen LogP contribution in [0.5, 0.6) is 0 Å². The Hall–Kier alpha value is -2.08. The molecule has 2 amide bonds. The average molecular weight is 413 g/mol. The van der Waals surface area contributed by atoms with Crippen LogP contribution in [0.3, 0.4) is 0 Å². The molecule has 6 heteroatoms. The molecule has 6 nitrogen and oxygen atoms in total. The van der Waals surface area contributed by atoms with E-state index in [0.717, 1.165) is 51.7 Å². The number of benzene rings is 1. The second kappa shape index (κ2) is 9.82. The van der Waals surface area contributed by atoms with E-state index in [9.17, 15) is 9.59 Å². The van der Waals surface area contributed by atoms with E-state index in [1.165, 1.54) is 42.5 Å². The van der Waals surface area contributed by atoms with Gasteiger partial charge in [0.15, 0.2) is 0 Å². The Morgan fingerprint density at radius 3 is 2.53 bits per heavy atom. The van der Waals surface area contributed by atoms with Gasteiger partial charge in [0.1, 0.15) is 0 Å². The van der Waals surface area contributed by atoms with Crippen LogP contribution in [0.4, 0.5) is 5.69 Å². The van der Waals surface area contributed by atoms with E-state index in [-0.39, 0.29) is 12.1 Å². The summed E-state index contributed by atoms with van der Waals surface area (Å²) in [6.07, 6.45) is 10.2. The van der Waals surface area contributed by atoms with Crippen molar-refractivity contribution in [1.29, 1.82) is 0 Å². The number of hydrogen-bond donors (Lipinski definition) is 2. The van der Waals surface area contributed by atoms with Gasteiger partial charge in [-0.15, -0.1) is 0 Å². The van der Waals surface area contributed by atoms with Crippen molar-refractivity contribution in [2.75, 3.05) is 38.1 Å². The van der Waals surface area contributed by atoms with Crippen molar-refractivity contribution < 1.29 is 9.59 Å². The lowest BCUT2D eigenvalue weighted by molar-refractivity contribution is -0.139. The zero-order valence-corrected chi connectivity index (χ0v) is 18.3. The first-order chi connectivity index (χ1) is 14.6. The quantitative estimate of drug-likeness (QED) is 0.730. The Kier molecular flexibility index (Phi) is 6.93. The monoisotopic (exact) mass is 412 g/mol. The summed E-state index contributed by atoms with van der Waals surface area (Å²) in [5, 5.41) is 5.84. The molecule has 1 aromatic carbocycles. The molecule has 0 spiro atoms. The van der Waals surface area contributed by atoms with Crippen molar-refractivity contribution >= 4 is 17.5 Å². The number of aryl methyl sites for hydroxylation is 1. The molecule has 1 saturated heterocycles. The van der Waals surface area contributed by atoms with Crippen LogP contribution in [0.25, 0.3) is 0 Å². The summed E-state index contributed by atoms with van der Waals surface area (Å²) in [4.78, 5) is 29.6. The Morgan fingerprint density at radius 2 is 1.77 bits per heavy atom. The second-order valence-corrected chi connectivity index (χ2v) is 9.19. The molecule has 2 aliphatic heterocycles. The highest BCUT2D eigenvalue weighted by Gasteiger charge is 2.27. The summed E-state index contributed by atoms with van der Waals surface area (Å²) in [5.74, 6) is -0.979. The van der Waals surface area contributed by atoms with Gasteiger partial charge in [0.25, 0.3) is 0 Å². The number of nitrogens with one attached hydrogen (secondary N) is 2. The van der Waals surface area contributed by atoms with Crippen molar-refractivity contribution in [3.05, 3.63) is 29.3 Å². The molecule has 1 aliphatic carbocycles. The molecule has 2 fully saturated rings. The fourth-order valence-corrected chi connectivity index (χ4v) is 5.29. The van der Waals surface area contributed by atoms with Crippen LogP contribution < -0.4 is 15.5 Å². The van der Waals surface area contributed by atoms with Gasteiger partial charge in [0.2, 0.25) is 0 Å². The van der Waals surface area contributed by atoms with Crippen molar-refractivity contribution in [2.45, 2.75) is 69.9 Å². The molecule has 0 bridgehead atoms. The van der Waals surface area contributed by atoms with Crippen molar-refractivity contribution in [3.63, 3.8) is 0 Å². The number of carbonyl (C=O) groups excluding carboxylic acids is 2. The molecule has 4 rings (SSSR count). The van der Waals surface area contributed by atoms with Gasteiger partial charge in [0, 0.05) is 31.9 Å². The number of likely N-dealkylation sites (tertiary alicyclic amines) is 1. The summed E-state index contributed by atoms with van der Waals surface area (Å²) in [7, 11) is 2.16. The molecule has 30 heavy (non-hydrogen) atoms. The molecular formula is C24H36N4O2. The topological polar surface area (TPSA) is 64.7 Å². The standard InChI is InChI=1S/C24H36N4O2/c1-27-13-7-8-18-16-19(11-12-21(18)27)22(28-14-5-2-6-15-28)17-25-23(29)24(30)26-20-9-3-4-10-20/h11-12,16,20,22H,2-10,13-15,17H2,1H3,(H,25,29)(H,26,30)/t22-/m0/s1. The second-order valence-electron chi connectivity index (χ2n) is 9.19. The van der Waals surface area contributed by atoms with Gasteiger partial charge in [-0.1, -0.05) is 31.4 Å². The van der Waals surface area contributed by atoms with Crippen LogP contribution in [0, 0.1) is 0 Å². The highest BCUT2D eigenvalue weighted by Crippen LogP contribution is 2.31. The maximum atomic E-state index is 12.5. The van der Waals surface area contributed by atoms with Gasteiger partial charge < -0.3 is 15.5 Å². The molecule has 2 N–H and O–H groups in total. The number of carbonyl (C=O) groups is 2. The lowest BCUT2D eigenvalue weighted by atomic mass is 9.95. The minimum atomic E-state index is -0.499. The van der Waals surface area contributed by atoms with Gasteiger partial charge in [-0.3, -0.25) is 14.5 Å². The molecule has 0 unspecified atom stereocenters. The number of anilines is 1. The summed E-state index contributed by atoms with van der Waals surface area (Å²) in [6.45, 7) is 3.68. The molecule has 3 aliphatic rings. The third-order valence-electron chi connectivity index (χ3n) is 7.02. The van der Waals surface area contributed by atoms with Gasteiger partial charge in [-0.2, -0.15) is 0 Å². The van der Waals surface area contributed by atoms with Crippen LogP contribution in [-0.4, -0.2) is 56.0 Å². The molecule has 0 aromatic heterocycles. The Bertz CT molecular complexity index is 754. The predicted molar refractivity (Wildman–Crippen MR) is 120 cm³/mol. The fraction of sp³-hybridized carbons (Fsp3) is 0.667. The lowest BCUT2D eigenvalue weighted by Crippen LogP contribution is -2.47. The third kappa shape index (κ3) is 4.97. The van der Waals surface area contributed by atoms with E-state index in [0.29, 0.717) is 6.54 Å². The summed E-state index contributed by atoms with van der Waals surface area (Å²) in [6, 6.07) is 7.06. The van der Waals surface area contributed by atoms with E-state index < -0.39 is 11.8 Å². The minimum absolute atomic E-state index is 0.117. The van der Waals surface area contributed by atoms with Gasteiger partial charge in [-0.25, -0.2) is 0 Å². The smallest absolute Gasteiger partial charge is 0.309 e. The highest BCUT2D eigenvalue weighted by atomic mass is 16.2. The highest BCUT2D eigenvalue weighted by molar-refractivity contribution is 6.35. The van der Waals surface area contributed by atoms with E-state index in [1.807, 2.05) is 0 Å². The summed E-state index contributed by atoms with van der Waals surface area (Å²) < 4.78 is 0. The molecule has 1 atom stereocenters. The molecular weight excluding hydrogens is 376 g/mol. The minimum Gasteiger partial charge on any atom is -0.374 e. The number of piperidine rings is 1.